The van der Waals surface area contributed by atoms with Gasteiger partial charge in [0.2, 0.25) is 5.91 Å². The summed E-state index contributed by atoms with van der Waals surface area (Å²) in [6.45, 7) is 6.57. The Morgan fingerprint density at radius 2 is 2.05 bits per heavy atom. The molecule has 4 nitrogen and oxygen atoms in total. The molecule has 1 atom stereocenters. The molecule has 0 bridgehead atoms. The van der Waals surface area contributed by atoms with E-state index in [2.05, 4.69) is 19.2 Å². The van der Waals surface area contributed by atoms with Crippen molar-refractivity contribution in [2.24, 2.45) is 5.92 Å². The number of carbonyl (C=O) groups excluding carboxylic acids is 1. The number of nitrogens with one attached hydrogen (secondary N) is 1. The number of amides is 1. The number of methoxy groups -OCH3 is 1. The zero-order chi connectivity index (χ0) is 14.7. The second kappa shape index (κ2) is 5.99. The van der Waals surface area contributed by atoms with Crippen LogP contribution in [-0.4, -0.2) is 23.6 Å². The van der Waals surface area contributed by atoms with E-state index in [1.54, 1.807) is 7.11 Å². The molecule has 1 aromatic heterocycles. The maximum atomic E-state index is 12.0. The van der Waals surface area contributed by atoms with Crippen LogP contribution in [0.15, 0.2) is 30.5 Å². The smallest absolute Gasteiger partial charge is 0.240 e. The van der Waals surface area contributed by atoms with Crippen LogP contribution in [-0.2, 0) is 11.3 Å². The molecule has 0 spiro atoms. The third kappa shape index (κ3) is 3.13. The highest BCUT2D eigenvalue weighted by molar-refractivity contribution is 5.84. The van der Waals surface area contributed by atoms with Crippen molar-refractivity contribution in [2.75, 3.05) is 7.11 Å². The Morgan fingerprint density at radius 1 is 1.30 bits per heavy atom. The summed E-state index contributed by atoms with van der Waals surface area (Å²) in [5.74, 6) is 1.30. The number of hydrogen-bond acceptors (Lipinski definition) is 2. The van der Waals surface area contributed by atoms with Crippen LogP contribution in [0.4, 0.5) is 0 Å². The van der Waals surface area contributed by atoms with Gasteiger partial charge in [0.1, 0.15) is 12.3 Å². The third-order valence-corrected chi connectivity index (χ3v) is 3.68. The van der Waals surface area contributed by atoms with Gasteiger partial charge in [0.25, 0.3) is 0 Å². The molecule has 4 heteroatoms. The third-order valence-electron chi connectivity index (χ3n) is 3.68. The van der Waals surface area contributed by atoms with Gasteiger partial charge >= 0.3 is 0 Å². The predicted octanol–water partition coefficient (Wildman–Crippen LogP) is 2.81. The molecule has 0 aliphatic rings. The number of nitrogens with zero attached hydrogens (tertiary/aromatic N) is 1. The van der Waals surface area contributed by atoms with Gasteiger partial charge in [-0.15, -0.1) is 0 Å². The molecule has 108 valence electrons. The monoisotopic (exact) mass is 274 g/mol. The standard InChI is InChI=1S/C16H22N2O2/c1-11(2)12(3)17-16(19)10-18-8-7-13-9-14(20-4)5-6-15(13)18/h5-9,11-12H,10H2,1-4H3,(H,17,19). The summed E-state index contributed by atoms with van der Waals surface area (Å²) in [6.07, 6.45) is 1.93. The molecule has 0 saturated heterocycles. The van der Waals surface area contributed by atoms with Crippen molar-refractivity contribution in [1.82, 2.24) is 9.88 Å². The quantitative estimate of drug-likeness (QED) is 0.911. The topological polar surface area (TPSA) is 43.3 Å². The Morgan fingerprint density at radius 3 is 2.70 bits per heavy atom. The van der Waals surface area contributed by atoms with Crippen LogP contribution in [0.3, 0.4) is 0 Å². The van der Waals surface area contributed by atoms with E-state index in [1.807, 2.05) is 42.0 Å². The molecule has 0 fully saturated rings. The van der Waals surface area contributed by atoms with Gasteiger partial charge in [-0.25, -0.2) is 0 Å². The molecule has 20 heavy (non-hydrogen) atoms. The molecule has 0 aliphatic heterocycles. The van der Waals surface area contributed by atoms with Gasteiger partial charge in [0, 0.05) is 23.1 Å². The largest absolute Gasteiger partial charge is 0.497 e. The van der Waals surface area contributed by atoms with Gasteiger partial charge in [-0.3, -0.25) is 4.79 Å². The Labute approximate surface area is 119 Å². The highest BCUT2D eigenvalue weighted by Gasteiger charge is 2.12. The van der Waals surface area contributed by atoms with E-state index >= 15 is 0 Å². The van der Waals surface area contributed by atoms with Gasteiger partial charge in [-0.2, -0.15) is 0 Å². The number of ether oxygens (including phenoxy) is 1. The van der Waals surface area contributed by atoms with Gasteiger partial charge in [-0.1, -0.05) is 13.8 Å². The van der Waals surface area contributed by atoms with E-state index in [9.17, 15) is 4.79 Å². The lowest BCUT2D eigenvalue weighted by molar-refractivity contribution is -0.122. The van der Waals surface area contributed by atoms with Crippen LogP contribution in [0.5, 0.6) is 5.75 Å². The minimum atomic E-state index is 0.0412. The lowest BCUT2D eigenvalue weighted by atomic mass is 10.1. The Hall–Kier alpha value is -1.97. The van der Waals surface area contributed by atoms with Gasteiger partial charge in [-0.05, 0) is 37.1 Å². The van der Waals surface area contributed by atoms with E-state index < -0.39 is 0 Å². The van der Waals surface area contributed by atoms with Crippen LogP contribution in [0.1, 0.15) is 20.8 Å². The molecule has 1 N–H and O–H groups in total. The Balaban J connectivity index is 2.12. The first kappa shape index (κ1) is 14.4. The van der Waals surface area contributed by atoms with Crippen molar-refractivity contribution in [3.8, 4) is 5.75 Å². The van der Waals surface area contributed by atoms with Crippen molar-refractivity contribution in [2.45, 2.75) is 33.4 Å². The Bertz CT molecular complexity index is 602. The maximum Gasteiger partial charge on any atom is 0.240 e. The number of benzene rings is 1. The van der Waals surface area contributed by atoms with Gasteiger partial charge in [0.05, 0.1) is 7.11 Å². The minimum absolute atomic E-state index is 0.0412. The second-order valence-corrected chi connectivity index (χ2v) is 5.47. The SMILES string of the molecule is COc1ccc2c(ccn2CC(=O)NC(C)C(C)C)c1. The molecule has 0 aliphatic carbocycles. The minimum Gasteiger partial charge on any atom is -0.497 e. The lowest BCUT2D eigenvalue weighted by Gasteiger charge is -2.17. The summed E-state index contributed by atoms with van der Waals surface area (Å²) in [6, 6.07) is 8.04. The first-order valence-corrected chi connectivity index (χ1v) is 6.93. The number of aromatic nitrogens is 1. The van der Waals surface area contributed by atoms with E-state index in [4.69, 9.17) is 4.74 Å². The van der Waals surface area contributed by atoms with Crippen molar-refractivity contribution in [3.63, 3.8) is 0 Å². The molecule has 0 radical (unpaired) electrons. The summed E-state index contributed by atoms with van der Waals surface area (Å²) in [5, 5.41) is 4.10. The molecule has 1 unspecified atom stereocenters. The fourth-order valence-electron chi connectivity index (χ4n) is 2.06. The Kier molecular flexibility index (Phi) is 4.32. The lowest BCUT2D eigenvalue weighted by Crippen LogP contribution is -2.38. The molecule has 1 heterocycles. The molecule has 2 rings (SSSR count). The van der Waals surface area contributed by atoms with Crippen molar-refractivity contribution in [1.29, 1.82) is 0 Å². The summed E-state index contributed by atoms with van der Waals surface area (Å²) >= 11 is 0. The van der Waals surface area contributed by atoms with E-state index in [1.165, 1.54) is 0 Å². The molecule has 1 amide bonds. The van der Waals surface area contributed by atoms with Gasteiger partial charge in [0.15, 0.2) is 0 Å². The van der Waals surface area contributed by atoms with Gasteiger partial charge < -0.3 is 14.6 Å². The fourth-order valence-corrected chi connectivity index (χ4v) is 2.06. The first-order chi connectivity index (χ1) is 9.51. The number of rotatable bonds is 5. The molecule has 2 aromatic rings. The predicted molar refractivity (Wildman–Crippen MR) is 80.9 cm³/mol. The van der Waals surface area contributed by atoms with Crippen LogP contribution in [0.2, 0.25) is 0 Å². The zero-order valence-corrected chi connectivity index (χ0v) is 12.5. The summed E-state index contributed by atoms with van der Waals surface area (Å²) in [7, 11) is 1.65. The number of hydrogen-bond donors (Lipinski definition) is 1. The maximum absolute atomic E-state index is 12.0. The zero-order valence-electron chi connectivity index (χ0n) is 12.5. The van der Waals surface area contributed by atoms with Crippen molar-refractivity contribution in [3.05, 3.63) is 30.5 Å². The van der Waals surface area contributed by atoms with E-state index in [0.29, 0.717) is 12.5 Å². The summed E-state index contributed by atoms with van der Waals surface area (Å²) < 4.78 is 7.16. The highest BCUT2D eigenvalue weighted by atomic mass is 16.5. The average molecular weight is 274 g/mol. The van der Waals surface area contributed by atoms with Crippen LogP contribution in [0, 0.1) is 5.92 Å². The average Bonchev–Trinajstić information content (AvgIpc) is 2.80. The summed E-state index contributed by atoms with van der Waals surface area (Å²) in [5.41, 5.74) is 1.04. The molecular weight excluding hydrogens is 252 g/mol. The normalized spacial score (nSPS) is 12.7. The molecule has 0 saturated carbocycles. The van der Waals surface area contributed by atoms with E-state index in [0.717, 1.165) is 16.7 Å². The van der Waals surface area contributed by atoms with Crippen molar-refractivity contribution < 1.29 is 9.53 Å². The summed E-state index contributed by atoms with van der Waals surface area (Å²) in [4.78, 5) is 12.0. The fraction of sp³-hybridized carbons (Fsp3) is 0.438. The highest BCUT2D eigenvalue weighted by Crippen LogP contribution is 2.21. The van der Waals surface area contributed by atoms with Crippen molar-refractivity contribution >= 4 is 16.8 Å². The van der Waals surface area contributed by atoms with Crippen LogP contribution in [0.25, 0.3) is 10.9 Å². The van der Waals surface area contributed by atoms with E-state index in [-0.39, 0.29) is 11.9 Å². The van der Waals surface area contributed by atoms with Crippen LogP contribution < -0.4 is 10.1 Å². The number of carbonyl (C=O) groups is 1. The number of fused-ring (bicyclic) bond motifs is 1. The molecule has 1 aromatic carbocycles. The molecular formula is C16H22N2O2. The van der Waals surface area contributed by atoms with Crippen LogP contribution >= 0.6 is 0 Å². The first-order valence-electron chi connectivity index (χ1n) is 6.93. The second-order valence-electron chi connectivity index (χ2n) is 5.47.